The second-order valence-electron chi connectivity index (χ2n) is 6.45. The molecule has 1 heterocycles. The van der Waals surface area contributed by atoms with Crippen LogP contribution >= 0.6 is 0 Å². The average molecular weight is 365 g/mol. The van der Waals surface area contributed by atoms with Crippen molar-refractivity contribution < 1.29 is 9.53 Å². The molecule has 0 saturated heterocycles. The summed E-state index contributed by atoms with van der Waals surface area (Å²) in [6, 6.07) is 13.0. The van der Waals surface area contributed by atoms with E-state index in [0.717, 1.165) is 16.9 Å². The number of rotatable bonds is 6. The first-order valence-electron chi connectivity index (χ1n) is 8.94. The molecule has 140 valence electrons. The van der Waals surface area contributed by atoms with Gasteiger partial charge in [0.2, 0.25) is 0 Å². The lowest BCUT2D eigenvalue weighted by Gasteiger charge is -2.21. The first kappa shape index (κ1) is 18.6. The number of aromatic amines is 1. The maximum atomic E-state index is 12.6. The van der Waals surface area contributed by atoms with Crippen LogP contribution in [0.5, 0.6) is 5.75 Å². The van der Waals surface area contributed by atoms with Crippen molar-refractivity contribution in [2.24, 2.45) is 0 Å². The summed E-state index contributed by atoms with van der Waals surface area (Å²) in [5, 5.41) is 0.536. The van der Waals surface area contributed by atoms with Crippen molar-refractivity contribution in [1.82, 2.24) is 14.9 Å². The van der Waals surface area contributed by atoms with E-state index in [1.165, 1.54) is 0 Å². The van der Waals surface area contributed by atoms with E-state index in [2.05, 4.69) is 9.97 Å². The zero-order valence-electron chi connectivity index (χ0n) is 15.8. The van der Waals surface area contributed by atoms with Gasteiger partial charge >= 0.3 is 0 Å². The van der Waals surface area contributed by atoms with Crippen molar-refractivity contribution in [3.63, 3.8) is 0 Å². The van der Waals surface area contributed by atoms with Crippen molar-refractivity contribution in [3.05, 3.63) is 69.8 Å². The fourth-order valence-electron chi connectivity index (χ4n) is 3.02. The van der Waals surface area contributed by atoms with Crippen molar-refractivity contribution in [2.45, 2.75) is 27.3 Å². The Kier molecular flexibility index (Phi) is 5.54. The Bertz CT molecular complexity index is 1010. The Morgan fingerprint density at radius 2 is 1.81 bits per heavy atom. The number of para-hydroxylation sites is 2. The predicted octanol–water partition coefficient (Wildman–Crippen LogP) is 2.97. The van der Waals surface area contributed by atoms with Gasteiger partial charge in [-0.2, -0.15) is 0 Å². The summed E-state index contributed by atoms with van der Waals surface area (Å²) in [7, 11) is 0. The molecule has 1 amide bonds. The first-order valence-corrected chi connectivity index (χ1v) is 8.94. The molecule has 1 N–H and O–H groups in total. The molecule has 1 aromatic heterocycles. The summed E-state index contributed by atoms with van der Waals surface area (Å²) in [5.41, 5.74) is 2.40. The maximum Gasteiger partial charge on any atom is 0.260 e. The number of likely N-dealkylation sites (N-methyl/N-ethyl adjacent to an activating group) is 1. The van der Waals surface area contributed by atoms with Crippen LogP contribution < -0.4 is 10.3 Å². The lowest BCUT2D eigenvalue weighted by Crippen LogP contribution is -2.35. The lowest BCUT2D eigenvalue weighted by molar-refractivity contribution is -0.133. The smallest absolute Gasteiger partial charge is 0.260 e. The third-order valence-electron chi connectivity index (χ3n) is 4.49. The Morgan fingerprint density at radius 1 is 1.11 bits per heavy atom. The minimum atomic E-state index is -0.203. The molecule has 0 aliphatic carbocycles. The molecule has 0 radical (unpaired) electrons. The fourth-order valence-corrected chi connectivity index (χ4v) is 3.02. The zero-order chi connectivity index (χ0) is 19.4. The van der Waals surface area contributed by atoms with Gasteiger partial charge in [0.15, 0.2) is 6.61 Å². The summed E-state index contributed by atoms with van der Waals surface area (Å²) in [5.74, 6) is 1.04. The third kappa shape index (κ3) is 4.16. The van der Waals surface area contributed by atoms with Crippen molar-refractivity contribution >= 4 is 16.8 Å². The fraction of sp³-hybridized carbons (Fsp3) is 0.286. The van der Waals surface area contributed by atoms with Crippen LogP contribution in [0.15, 0.2) is 47.3 Å². The van der Waals surface area contributed by atoms with Crippen LogP contribution in [0.4, 0.5) is 0 Å². The Balaban J connectivity index is 1.73. The molecule has 2 aromatic carbocycles. The number of fused-ring (bicyclic) bond motifs is 1. The van der Waals surface area contributed by atoms with E-state index >= 15 is 0 Å². The molecule has 0 saturated carbocycles. The third-order valence-corrected chi connectivity index (χ3v) is 4.49. The van der Waals surface area contributed by atoms with E-state index in [1.54, 1.807) is 23.1 Å². The molecular weight excluding hydrogens is 342 g/mol. The number of carbonyl (C=O) groups is 1. The number of aryl methyl sites for hydroxylation is 2. The maximum absolute atomic E-state index is 12.6. The zero-order valence-corrected chi connectivity index (χ0v) is 15.8. The quantitative estimate of drug-likeness (QED) is 0.729. The van der Waals surface area contributed by atoms with Gasteiger partial charge in [0.25, 0.3) is 11.5 Å². The molecule has 3 aromatic rings. The SMILES string of the molecule is CCN(Cc1nc2ccccc2c(=O)[nH]1)C(=O)COc1c(C)cccc1C. The van der Waals surface area contributed by atoms with Crippen molar-refractivity contribution in [2.75, 3.05) is 13.2 Å². The van der Waals surface area contributed by atoms with E-state index in [4.69, 9.17) is 4.74 Å². The number of carbonyl (C=O) groups excluding carboxylic acids is 1. The summed E-state index contributed by atoms with van der Waals surface area (Å²) in [6.45, 7) is 6.45. The number of amides is 1. The number of aromatic nitrogens is 2. The van der Waals surface area contributed by atoms with E-state index in [0.29, 0.717) is 23.3 Å². The van der Waals surface area contributed by atoms with Crippen LogP contribution in [0.3, 0.4) is 0 Å². The number of nitrogens with one attached hydrogen (secondary N) is 1. The number of benzene rings is 2. The van der Waals surface area contributed by atoms with Crippen LogP contribution in [-0.2, 0) is 11.3 Å². The van der Waals surface area contributed by atoms with Gasteiger partial charge in [0.1, 0.15) is 11.6 Å². The highest BCUT2D eigenvalue weighted by Crippen LogP contribution is 2.22. The predicted molar refractivity (Wildman–Crippen MR) is 105 cm³/mol. The van der Waals surface area contributed by atoms with Gasteiger partial charge in [-0.15, -0.1) is 0 Å². The number of nitrogens with zero attached hydrogens (tertiary/aromatic N) is 2. The van der Waals surface area contributed by atoms with Gasteiger partial charge in [-0.05, 0) is 44.0 Å². The monoisotopic (exact) mass is 365 g/mol. The highest BCUT2D eigenvalue weighted by atomic mass is 16.5. The lowest BCUT2D eigenvalue weighted by atomic mass is 10.1. The first-order chi connectivity index (χ1) is 13.0. The molecule has 0 spiro atoms. The second kappa shape index (κ2) is 8.03. The van der Waals surface area contributed by atoms with Crippen LogP contribution in [0.1, 0.15) is 23.9 Å². The molecule has 0 atom stereocenters. The van der Waals surface area contributed by atoms with E-state index in [1.807, 2.05) is 45.0 Å². The topological polar surface area (TPSA) is 75.3 Å². The Hall–Kier alpha value is -3.15. The van der Waals surface area contributed by atoms with Gasteiger partial charge < -0.3 is 14.6 Å². The summed E-state index contributed by atoms with van der Waals surface area (Å²) >= 11 is 0. The normalized spacial score (nSPS) is 10.8. The van der Waals surface area contributed by atoms with Crippen LogP contribution in [0.2, 0.25) is 0 Å². The van der Waals surface area contributed by atoms with Crippen LogP contribution in [0.25, 0.3) is 10.9 Å². The minimum Gasteiger partial charge on any atom is -0.483 e. The minimum absolute atomic E-state index is 0.0582. The molecule has 6 nitrogen and oxygen atoms in total. The molecule has 0 fully saturated rings. The van der Waals surface area contributed by atoms with Gasteiger partial charge in [0.05, 0.1) is 17.4 Å². The second-order valence-corrected chi connectivity index (χ2v) is 6.45. The van der Waals surface area contributed by atoms with Crippen LogP contribution in [-0.4, -0.2) is 33.9 Å². The molecule has 3 rings (SSSR count). The van der Waals surface area contributed by atoms with Crippen molar-refractivity contribution in [3.8, 4) is 5.75 Å². The van der Waals surface area contributed by atoms with E-state index < -0.39 is 0 Å². The summed E-state index contributed by atoms with van der Waals surface area (Å²) < 4.78 is 5.76. The van der Waals surface area contributed by atoms with Gasteiger partial charge in [0, 0.05) is 6.54 Å². The van der Waals surface area contributed by atoms with E-state index in [-0.39, 0.29) is 24.6 Å². The number of ether oxygens (including phenoxy) is 1. The largest absolute Gasteiger partial charge is 0.483 e. The highest BCUT2D eigenvalue weighted by molar-refractivity contribution is 5.78. The molecular formula is C21H23N3O3. The average Bonchev–Trinajstić information content (AvgIpc) is 2.65. The summed E-state index contributed by atoms with van der Waals surface area (Å²) in [6.07, 6.45) is 0. The number of hydrogen-bond donors (Lipinski definition) is 1. The Labute approximate surface area is 157 Å². The molecule has 6 heteroatoms. The molecule has 0 bridgehead atoms. The van der Waals surface area contributed by atoms with Gasteiger partial charge in [-0.1, -0.05) is 30.3 Å². The van der Waals surface area contributed by atoms with Gasteiger partial charge in [-0.25, -0.2) is 4.98 Å². The molecule has 27 heavy (non-hydrogen) atoms. The Morgan fingerprint density at radius 3 is 2.52 bits per heavy atom. The standard InChI is InChI=1S/C21H23N3O3/c1-4-24(19(25)13-27-20-14(2)8-7-9-15(20)3)12-18-22-17-11-6-5-10-16(17)21(26)23-18/h5-11H,4,12-13H2,1-3H3,(H,22,23,26). The number of H-pyrrole nitrogens is 1. The van der Waals surface area contributed by atoms with Gasteiger partial charge in [-0.3, -0.25) is 9.59 Å². The van der Waals surface area contributed by atoms with E-state index in [9.17, 15) is 9.59 Å². The molecule has 0 aliphatic heterocycles. The summed E-state index contributed by atoms with van der Waals surface area (Å²) in [4.78, 5) is 33.6. The highest BCUT2D eigenvalue weighted by Gasteiger charge is 2.16. The molecule has 0 unspecified atom stereocenters. The number of hydrogen-bond acceptors (Lipinski definition) is 4. The van der Waals surface area contributed by atoms with Crippen molar-refractivity contribution in [1.29, 1.82) is 0 Å². The van der Waals surface area contributed by atoms with Crippen LogP contribution in [0, 0.1) is 13.8 Å². The molecule has 0 aliphatic rings.